The molecule has 0 aromatic heterocycles. The fourth-order valence-electron chi connectivity index (χ4n) is 3.15. The van der Waals surface area contributed by atoms with Crippen LogP contribution in [0.4, 0.5) is 0 Å². The van der Waals surface area contributed by atoms with Crippen LogP contribution in [0.15, 0.2) is 45.8 Å². The Balaban J connectivity index is 1.76. The van der Waals surface area contributed by atoms with Crippen LogP contribution in [0.5, 0.6) is 11.5 Å². The minimum atomic E-state index is -0.896. The van der Waals surface area contributed by atoms with E-state index in [4.69, 9.17) is 26.8 Å². The van der Waals surface area contributed by atoms with Crippen molar-refractivity contribution in [2.24, 2.45) is 0 Å². The number of benzene rings is 2. The molecule has 32 heavy (non-hydrogen) atoms. The molecule has 0 atom stereocenters. The second-order valence-corrected chi connectivity index (χ2v) is 9.67. The fraction of sp³-hybridized carbons (Fsp3) is 0.261. The zero-order valence-corrected chi connectivity index (χ0v) is 20.8. The molecule has 1 amide bonds. The van der Waals surface area contributed by atoms with E-state index < -0.39 is 5.97 Å². The van der Waals surface area contributed by atoms with Gasteiger partial charge in [-0.05, 0) is 58.6 Å². The van der Waals surface area contributed by atoms with E-state index in [1.54, 1.807) is 19.3 Å². The maximum Gasteiger partial charge on any atom is 0.303 e. The van der Waals surface area contributed by atoms with Crippen LogP contribution < -0.4 is 9.47 Å². The molecule has 1 aliphatic rings. The van der Waals surface area contributed by atoms with Gasteiger partial charge in [0.05, 0.1) is 16.5 Å². The number of thiocarbonyl (C=S) groups is 1. The van der Waals surface area contributed by atoms with Gasteiger partial charge in [-0.2, -0.15) is 0 Å². The first-order chi connectivity index (χ1) is 15.3. The lowest BCUT2D eigenvalue weighted by molar-refractivity contribution is -0.137. The number of carbonyl (C=O) groups is 2. The maximum absolute atomic E-state index is 12.7. The minimum absolute atomic E-state index is 0.00966. The van der Waals surface area contributed by atoms with E-state index in [1.807, 2.05) is 31.2 Å². The molecule has 0 bridgehead atoms. The molecule has 1 saturated heterocycles. The number of methoxy groups -OCH3 is 1. The standard InChI is InChI=1S/C23H22BrNO5S2/c1-14-5-3-6-15(9-14)13-30-21-17(24)10-16(11-18(21)29-2)12-19-22(28)25(23(31)32-19)8-4-7-20(26)27/h3,5-6,9-12H,4,7-8,13H2,1-2H3,(H,26,27)/b19-12+. The quantitative estimate of drug-likeness (QED) is 0.339. The first kappa shape index (κ1) is 24.3. The van der Waals surface area contributed by atoms with Gasteiger partial charge in [-0.1, -0.05) is 53.8 Å². The Kier molecular flexibility index (Phi) is 8.33. The van der Waals surface area contributed by atoms with E-state index in [0.717, 1.165) is 16.7 Å². The van der Waals surface area contributed by atoms with Gasteiger partial charge in [0.15, 0.2) is 11.5 Å². The molecule has 9 heteroatoms. The van der Waals surface area contributed by atoms with Gasteiger partial charge < -0.3 is 14.6 Å². The fourth-order valence-corrected chi connectivity index (χ4v) is 5.04. The number of halogens is 1. The summed E-state index contributed by atoms with van der Waals surface area (Å²) in [5.41, 5.74) is 2.96. The zero-order valence-electron chi connectivity index (χ0n) is 17.6. The number of amides is 1. The van der Waals surface area contributed by atoms with Gasteiger partial charge in [0.1, 0.15) is 10.9 Å². The van der Waals surface area contributed by atoms with Gasteiger partial charge in [0.25, 0.3) is 5.91 Å². The molecule has 1 heterocycles. The molecule has 168 valence electrons. The molecular formula is C23H22BrNO5S2. The van der Waals surface area contributed by atoms with Crippen LogP contribution in [-0.4, -0.2) is 39.9 Å². The van der Waals surface area contributed by atoms with Crippen molar-refractivity contribution in [1.82, 2.24) is 4.90 Å². The Bertz CT molecular complexity index is 1090. The first-order valence-corrected chi connectivity index (χ1v) is 11.8. The van der Waals surface area contributed by atoms with Crippen LogP contribution in [-0.2, 0) is 16.2 Å². The van der Waals surface area contributed by atoms with E-state index in [9.17, 15) is 9.59 Å². The number of nitrogens with zero attached hydrogens (tertiary/aromatic N) is 1. The van der Waals surface area contributed by atoms with Crippen LogP contribution >= 0.6 is 39.9 Å². The van der Waals surface area contributed by atoms with Crippen molar-refractivity contribution in [2.75, 3.05) is 13.7 Å². The Morgan fingerprint density at radius 2 is 2.09 bits per heavy atom. The number of carboxylic acids is 1. The third-order valence-electron chi connectivity index (χ3n) is 4.66. The summed E-state index contributed by atoms with van der Waals surface area (Å²) in [6.07, 6.45) is 2.08. The number of thioether (sulfide) groups is 1. The molecule has 0 aliphatic carbocycles. The monoisotopic (exact) mass is 535 g/mol. The average Bonchev–Trinajstić information content (AvgIpc) is 2.99. The lowest BCUT2D eigenvalue weighted by atomic mass is 10.1. The normalized spacial score (nSPS) is 14.8. The summed E-state index contributed by atoms with van der Waals surface area (Å²) in [5, 5.41) is 8.80. The van der Waals surface area contributed by atoms with Gasteiger partial charge in [-0.15, -0.1) is 0 Å². The second-order valence-electron chi connectivity index (χ2n) is 7.14. The van der Waals surface area contributed by atoms with Crippen molar-refractivity contribution in [2.45, 2.75) is 26.4 Å². The molecule has 0 radical (unpaired) electrons. The predicted octanol–water partition coefficient (Wildman–Crippen LogP) is 5.41. The predicted molar refractivity (Wildman–Crippen MR) is 133 cm³/mol. The number of ether oxygens (including phenoxy) is 2. The maximum atomic E-state index is 12.7. The molecule has 0 saturated carbocycles. The van der Waals surface area contributed by atoms with Crippen molar-refractivity contribution >= 4 is 62.2 Å². The van der Waals surface area contributed by atoms with Gasteiger partial charge in [-0.25, -0.2) is 0 Å². The molecular weight excluding hydrogens is 514 g/mol. The van der Waals surface area contributed by atoms with Crippen LogP contribution in [0, 0.1) is 6.92 Å². The molecule has 0 unspecified atom stereocenters. The van der Waals surface area contributed by atoms with Crippen LogP contribution in [0.3, 0.4) is 0 Å². The molecule has 2 aromatic rings. The third-order valence-corrected chi connectivity index (χ3v) is 6.63. The summed E-state index contributed by atoms with van der Waals surface area (Å²) in [5.74, 6) is -0.00419. The Hall–Kier alpha value is -2.36. The van der Waals surface area contributed by atoms with Crippen molar-refractivity contribution in [3.05, 3.63) is 62.5 Å². The summed E-state index contributed by atoms with van der Waals surface area (Å²) in [7, 11) is 1.56. The highest BCUT2D eigenvalue weighted by Gasteiger charge is 2.31. The SMILES string of the molecule is COc1cc(/C=C2/SC(=S)N(CCCC(=O)O)C2=O)cc(Br)c1OCc1cccc(C)c1. The Morgan fingerprint density at radius 3 is 2.78 bits per heavy atom. The van der Waals surface area contributed by atoms with E-state index in [-0.39, 0.29) is 18.9 Å². The largest absolute Gasteiger partial charge is 0.493 e. The van der Waals surface area contributed by atoms with Crippen LogP contribution in [0.2, 0.25) is 0 Å². The summed E-state index contributed by atoms with van der Waals surface area (Å²) in [6.45, 7) is 2.71. The highest BCUT2D eigenvalue weighted by Crippen LogP contribution is 2.39. The topological polar surface area (TPSA) is 76.1 Å². The number of carbonyl (C=O) groups excluding carboxylic acids is 1. The van der Waals surface area contributed by atoms with Gasteiger partial charge in [-0.3, -0.25) is 14.5 Å². The molecule has 6 nitrogen and oxygen atoms in total. The molecule has 3 rings (SSSR count). The lowest BCUT2D eigenvalue weighted by Crippen LogP contribution is -2.29. The number of hydrogen-bond donors (Lipinski definition) is 1. The first-order valence-electron chi connectivity index (χ1n) is 9.81. The number of hydrogen-bond acceptors (Lipinski definition) is 6. The van der Waals surface area contributed by atoms with Crippen molar-refractivity contribution in [3.63, 3.8) is 0 Å². The molecule has 1 aliphatic heterocycles. The minimum Gasteiger partial charge on any atom is -0.493 e. The van der Waals surface area contributed by atoms with E-state index in [0.29, 0.717) is 38.2 Å². The molecule has 1 N–H and O–H groups in total. The summed E-state index contributed by atoms with van der Waals surface area (Å²) in [6, 6.07) is 11.7. The highest BCUT2D eigenvalue weighted by molar-refractivity contribution is 9.10. The highest BCUT2D eigenvalue weighted by atomic mass is 79.9. The van der Waals surface area contributed by atoms with E-state index in [1.165, 1.54) is 16.7 Å². The van der Waals surface area contributed by atoms with E-state index >= 15 is 0 Å². The van der Waals surface area contributed by atoms with Crippen molar-refractivity contribution < 1.29 is 24.2 Å². The molecule has 2 aromatic carbocycles. The van der Waals surface area contributed by atoms with Crippen molar-refractivity contribution in [1.29, 1.82) is 0 Å². The molecule has 1 fully saturated rings. The average molecular weight is 536 g/mol. The zero-order chi connectivity index (χ0) is 23.3. The van der Waals surface area contributed by atoms with Crippen molar-refractivity contribution in [3.8, 4) is 11.5 Å². The lowest BCUT2D eigenvalue weighted by Gasteiger charge is -2.14. The molecule has 0 spiro atoms. The van der Waals surface area contributed by atoms with Gasteiger partial charge in [0.2, 0.25) is 0 Å². The van der Waals surface area contributed by atoms with Crippen LogP contribution in [0.25, 0.3) is 6.08 Å². The second kappa shape index (κ2) is 11.0. The number of rotatable bonds is 9. The summed E-state index contributed by atoms with van der Waals surface area (Å²) in [4.78, 5) is 25.4. The Labute approximate surface area is 204 Å². The number of carboxylic acid groups (broad SMARTS) is 1. The van der Waals surface area contributed by atoms with Gasteiger partial charge >= 0.3 is 5.97 Å². The third kappa shape index (κ3) is 6.11. The Morgan fingerprint density at radius 1 is 1.31 bits per heavy atom. The number of aryl methyl sites for hydroxylation is 1. The van der Waals surface area contributed by atoms with E-state index in [2.05, 4.69) is 22.0 Å². The number of aliphatic carboxylic acids is 1. The smallest absolute Gasteiger partial charge is 0.303 e. The summed E-state index contributed by atoms with van der Waals surface area (Å²) >= 11 is 10.0. The summed E-state index contributed by atoms with van der Waals surface area (Å²) < 4.78 is 12.7. The van der Waals surface area contributed by atoms with Gasteiger partial charge in [0, 0.05) is 13.0 Å². The van der Waals surface area contributed by atoms with Crippen LogP contribution in [0.1, 0.15) is 29.5 Å².